The van der Waals surface area contributed by atoms with E-state index in [4.69, 9.17) is 9.72 Å². The number of nitrogens with zero attached hydrogens (tertiary/aromatic N) is 5. The van der Waals surface area contributed by atoms with E-state index in [0.29, 0.717) is 13.2 Å². The summed E-state index contributed by atoms with van der Waals surface area (Å²) in [6.45, 7) is 6.18. The highest BCUT2D eigenvalue weighted by molar-refractivity contribution is 6.07. The molecule has 0 bridgehead atoms. The highest BCUT2D eigenvalue weighted by atomic mass is 16.5. The van der Waals surface area contributed by atoms with E-state index in [1.807, 2.05) is 38.4 Å². The number of hydrogen-bond acceptors (Lipinski definition) is 6. The first-order chi connectivity index (χ1) is 14.3. The van der Waals surface area contributed by atoms with Crippen molar-refractivity contribution in [3.63, 3.8) is 0 Å². The van der Waals surface area contributed by atoms with E-state index in [-0.39, 0.29) is 6.04 Å². The molecule has 5 rings (SSSR count). The molecule has 30 heavy (non-hydrogen) atoms. The highest BCUT2D eigenvalue weighted by Gasteiger charge is 2.31. The van der Waals surface area contributed by atoms with Crippen LogP contribution in [0.1, 0.15) is 31.1 Å². The molecule has 0 spiro atoms. The summed E-state index contributed by atoms with van der Waals surface area (Å²) in [5, 5.41) is 30.4. The van der Waals surface area contributed by atoms with Gasteiger partial charge in [0.15, 0.2) is 0 Å². The van der Waals surface area contributed by atoms with Crippen LogP contribution in [-0.2, 0) is 17.4 Å². The van der Waals surface area contributed by atoms with Crippen LogP contribution in [-0.4, -0.2) is 54.1 Å². The van der Waals surface area contributed by atoms with Crippen molar-refractivity contribution in [2.24, 2.45) is 7.05 Å². The van der Waals surface area contributed by atoms with Crippen molar-refractivity contribution in [2.75, 3.05) is 13.2 Å². The number of aromatic nitrogens is 5. The lowest BCUT2D eigenvalue weighted by molar-refractivity contribution is 0.0787. The van der Waals surface area contributed by atoms with Crippen molar-refractivity contribution in [3.05, 3.63) is 41.7 Å². The molecule has 1 fully saturated rings. The second kappa shape index (κ2) is 6.60. The lowest BCUT2D eigenvalue weighted by Crippen LogP contribution is -2.22. The van der Waals surface area contributed by atoms with Crippen molar-refractivity contribution in [1.82, 2.24) is 24.5 Å². The van der Waals surface area contributed by atoms with E-state index in [9.17, 15) is 10.2 Å². The molecule has 3 aromatic heterocycles. The third kappa shape index (κ3) is 2.83. The zero-order chi connectivity index (χ0) is 21.2. The van der Waals surface area contributed by atoms with E-state index in [1.54, 1.807) is 18.5 Å². The van der Waals surface area contributed by atoms with E-state index >= 15 is 0 Å². The number of aliphatic hydroxyl groups is 2. The van der Waals surface area contributed by atoms with Crippen LogP contribution in [0.4, 0.5) is 0 Å². The van der Waals surface area contributed by atoms with Gasteiger partial charge in [-0.05, 0) is 38.5 Å². The van der Waals surface area contributed by atoms with Gasteiger partial charge in [-0.1, -0.05) is 17.3 Å². The number of pyridine rings is 1. The number of fused-ring (bicyclic) bond motifs is 3. The summed E-state index contributed by atoms with van der Waals surface area (Å²) in [5.74, 6) is 0. The summed E-state index contributed by atoms with van der Waals surface area (Å²) in [6.07, 6.45) is 1.22. The average molecular weight is 407 g/mol. The largest absolute Gasteiger partial charge is 0.388 e. The van der Waals surface area contributed by atoms with Gasteiger partial charge in [-0.3, -0.25) is 4.98 Å². The van der Waals surface area contributed by atoms with Crippen LogP contribution in [0.15, 0.2) is 30.5 Å². The molecule has 2 unspecified atom stereocenters. The molecule has 0 radical (unpaired) electrons. The summed E-state index contributed by atoms with van der Waals surface area (Å²) in [7, 11) is 1.86. The molecule has 1 aliphatic rings. The molecule has 2 N–H and O–H groups in total. The second-order valence-electron chi connectivity index (χ2n) is 8.57. The topological polar surface area (TPSA) is 98.2 Å². The Balaban J connectivity index is 1.84. The van der Waals surface area contributed by atoms with Crippen molar-refractivity contribution in [1.29, 1.82) is 0 Å². The number of aliphatic hydroxyl groups excluding tert-OH is 1. The van der Waals surface area contributed by atoms with Crippen molar-refractivity contribution in [2.45, 2.75) is 38.5 Å². The minimum atomic E-state index is -0.976. The third-order valence-corrected chi connectivity index (χ3v) is 5.97. The van der Waals surface area contributed by atoms with Crippen molar-refractivity contribution >= 4 is 21.9 Å². The third-order valence-electron chi connectivity index (χ3n) is 5.97. The van der Waals surface area contributed by atoms with Gasteiger partial charge in [0.25, 0.3) is 0 Å². The van der Waals surface area contributed by atoms with Crippen LogP contribution in [0.25, 0.3) is 33.2 Å². The second-order valence-corrected chi connectivity index (χ2v) is 8.57. The van der Waals surface area contributed by atoms with Crippen molar-refractivity contribution in [3.8, 4) is 11.3 Å². The van der Waals surface area contributed by atoms with Gasteiger partial charge in [0.05, 0.1) is 52.8 Å². The van der Waals surface area contributed by atoms with E-state index in [2.05, 4.69) is 20.9 Å². The van der Waals surface area contributed by atoms with E-state index < -0.39 is 11.7 Å². The zero-order valence-corrected chi connectivity index (χ0v) is 17.5. The first kappa shape index (κ1) is 19.2. The number of aryl methyl sites for hydroxylation is 2. The molecule has 0 saturated carbocycles. The minimum absolute atomic E-state index is 0.232. The molecule has 0 amide bonds. The van der Waals surface area contributed by atoms with Crippen LogP contribution in [0.2, 0.25) is 0 Å². The van der Waals surface area contributed by atoms with E-state index in [1.165, 1.54) is 0 Å². The average Bonchev–Trinajstić information content (AvgIpc) is 3.35. The van der Waals surface area contributed by atoms with Gasteiger partial charge >= 0.3 is 0 Å². The van der Waals surface area contributed by atoms with Gasteiger partial charge in [-0.2, -0.15) is 0 Å². The summed E-state index contributed by atoms with van der Waals surface area (Å²) >= 11 is 0. The lowest BCUT2D eigenvalue weighted by atomic mass is 9.97. The predicted molar refractivity (Wildman–Crippen MR) is 113 cm³/mol. The number of hydrogen-bond donors (Lipinski definition) is 2. The van der Waals surface area contributed by atoms with Gasteiger partial charge < -0.3 is 19.5 Å². The molecule has 2 atom stereocenters. The molecule has 1 aliphatic heterocycles. The Bertz CT molecular complexity index is 1250. The molecule has 4 heterocycles. The van der Waals surface area contributed by atoms with Crippen LogP contribution in [0.3, 0.4) is 0 Å². The molecule has 1 saturated heterocycles. The monoisotopic (exact) mass is 407 g/mol. The Morgan fingerprint density at radius 3 is 2.60 bits per heavy atom. The maximum atomic E-state index is 10.6. The summed E-state index contributed by atoms with van der Waals surface area (Å²) in [4.78, 5) is 4.78. The quantitative estimate of drug-likeness (QED) is 0.541. The number of ether oxygens (including phenoxy) is 1. The van der Waals surface area contributed by atoms with Crippen LogP contribution >= 0.6 is 0 Å². The molecule has 156 valence electrons. The fourth-order valence-corrected chi connectivity index (χ4v) is 4.41. The Morgan fingerprint density at radius 2 is 1.97 bits per heavy atom. The number of benzene rings is 1. The van der Waals surface area contributed by atoms with Gasteiger partial charge in [0, 0.05) is 24.2 Å². The van der Waals surface area contributed by atoms with Gasteiger partial charge in [0.2, 0.25) is 0 Å². The van der Waals surface area contributed by atoms with Crippen molar-refractivity contribution < 1.29 is 14.9 Å². The first-order valence-corrected chi connectivity index (χ1v) is 10.0. The smallest absolute Gasteiger partial charge is 0.100 e. The maximum Gasteiger partial charge on any atom is 0.100 e. The fourth-order valence-electron chi connectivity index (χ4n) is 4.41. The maximum absolute atomic E-state index is 10.6. The Labute approximate surface area is 173 Å². The lowest BCUT2D eigenvalue weighted by Gasteiger charge is -2.20. The fraction of sp³-hybridized carbons (Fsp3) is 0.409. The van der Waals surface area contributed by atoms with Gasteiger partial charge in [-0.15, -0.1) is 5.10 Å². The summed E-state index contributed by atoms with van der Waals surface area (Å²) in [6, 6.07) is 7.75. The van der Waals surface area contributed by atoms with Crippen LogP contribution < -0.4 is 0 Å². The Kier molecular flexibility index (Phi) is 4.22. The molecule has 4 aromatic rings. The number of rotatable bonds is 3. The highest BCUT2D eigenvalue weighted by Crippen LogP contribution is 2.37. The van der Waals surface area contributed by atoms with Crippen LogP contribution in [0.5, 0.6) is 0 Å². The SMILES string of the molecule is Cc1nnn(C)c1-c1cnc2c3ccc(C(C)(C)O)cc3n(C3COCC3O)c2c1. The zero-order valence-electron chi connectivity index (χ0n) is 17.5. The minimum Gasteiger partial charge on any atom is -0.388 e. The molecule has 1 aromatic carbocycles. The molecule has 0 aliphatic carbocycles. The van der Waals surface area contributed by atoms with Gasteiger partial charge in [-0.25, -0.2) is 4.68 Å². The Morgan fingerprint density at radius 1 is 1.17 bits per heavy atom. The summed E-state index contributed by atoms with van der Waals surface area (Å²) in [5.41, 5.74) is 5.15. The van der Waals surface area contributed by atoms with Gasteiger partial charge in [0.1, 0.15) is 6.10 Å². The Hall–Kier alpha value is -2.81. The van der Waals surface area contributed by atoms with Crippen LogP contribution in [0, 0.1) is 6.92 Å². The molecule has 8 heteroatoms. The first-order valence-electron chi connectivity index (χ1n) is 10.0. The van der Waals surface area contributed by atoms with E-state index in [0.717, 1.165) is 44.5 Å². The molecular formula is C22H25N5O3. The predicted octanol–water partition coefficient (Wildman–Crippen LogP) is 2.45. The summed E-state index contributed by atoms with van der Waals surface area (Å²) < 4.78 is 9.41. The standard InChI is InChI=1S/C22H25N5O3/c1-12-21(26(4)25-24-12)13-7-17-20(23-9-13)15-6-5-14(22(2,3)29)8-16(15)27(17)18-10-30-11-19(18)28/h5-9,18-19,28-29H,10-11H2,1-4H3. The molecular weight excluding hydrogens is 382 g/mol. The molecule has 8 nitrogen and oxygen atoms in total. The normalized spacial score (nSPS) is 19.9.